The predicted octanol–water partition coefficient (Wildman–Crippen LogP) is 3.20. The average Bonchev–Trinajstić information content (AvgIpc) is 2.64. The maximum Gasteiger partial charge on any atom is 0.324 e. The van der Waals surface area contributed by atoms with Crippen LogP contribution in [0.15, 0.2) is 30.4 Å². The maximum absolute atomic E-state index is 12.6. The number of aliphatic hydroxyl groups is 1. The number of ether oxygens (including phenoxy) is 3. The minimum Gasteiger partial charge on any atom is -0.497 e. The van der Waals surface area contributed by atoms with Crippen LogP contribution < -0.4 is 9.47 Å². The molecule has 5 nitrogen and oxygen atoms in total. The van der Waals surface area contributed by atoms with Gasteiger partial charge >= 0.3 is 5.97 Å². The van der Waals surface area contributed by atoms with Crippen LogP contribution in [0.1, 0.15) is 32.8 Å². The Bertz CT molecular complexity index is 681. The molecule has 1 rings (SSSR count). The summed E-state index contributed by atoms with van der Waals surface area (Å²) in [6.07, 6.45) is 3.65. The number of hydrogen-bond donors (Lipinski definition) is 1. The average molecular weight is 360 g/mol. The number of carbonyl (C=O) groups is 1. The third-order valence-electron chi connectivity index (χ3n) is 3.68. The molecule has 0 aromatic heterocycles. The lowest BCUT2D eigenvalue weighted by Gasteiger charge is -2.21. The summed E-state index contributed by atoms with van der Waals surface area (Å²) in [6, 6.07) is 5.31. The van der Waals surface area contributed by atoms with E-state index in [1.165, 1.54) is 0 Å². The van der Waals surface area contributed by atoms with Gasteiger partial charge in [-0.2, -0.15) is 0 Å². The number of benzene rings is 1. The number of allylic oxidation sites excluding steroid dienone is 1. The van der Waals surface area contributed by atoms with Crippen LogP contribution in [-0.4, -0.2) is 38.5 Å². The van der Waals surface area contributed by atoms with Crippen molar-refractivity contribution < 1.29 is 24.1 Å². The quantitative estimate of drug-likeness (QED) is 0.438. The van der Waals surface area contributed by atoms with Gasteiger partial charge in [0.05, 0.1) is 33.0 Å². The Kier molecular flexibility index (Phi) is 8.74. The first-order chi connectivity index (χ1) is 12.4. The highest BCUT2D eigenvalue weighted by Gasteiger charge is 2.32. The molecule has 0 fully saturated rings. The SMILES string of the molecule is COc1ccc(OC)c(C#CC(C)(C/C=C/CO)C(=O)OCC(C)C)c1. The van der Waals surface area contributed by atoms with Crippen LogP contribution in [0.25, 0.3) is 0 Å². The van der Waals surface area contributed by atoms with E-state index in [1.807, 2.05) is 13.8 Å². The second kappa shape index (κ2) is 10.5. The Hall–Kier alpha value is -2.45. The molecular formula is C21H28O5. The Labute approximate surface area is 156 Å². The lowest BCUT2D eigenvalue weighted by molar-refractivity contribution is -0.152. The van der Waals surface area contributed by atoms with E-state index in [4.69, 9.17) is 19.3 Å². The van der Waals surface area contributed by atoms with Crippen molar-refractivity contribution in [1.29, 1.82) is 0 Å². The molecule has 0 radical (unpaired) electrons. The van der Waals surface area contributed by atoms with Gasteiger partial charge in [0, 0.05) is 0 Å². The van der Waals surface area contributed by atoms with Gasteiger partial charge in [-0.05, 0) is 37.5 Å². The summed E-state index contributed by atoms with van der Waals surface area (Å²) in [5.41, 5.74) is -0.407. The van der Waals surface area contributed by atoms with Gasteiger partial charge < -0.3 is 19.3 Å². The van der Waals surface area contributed by atoms with E-state index in [0.717, 1.165) is 0 Å². The molecule has 142 valence electrons. The van der Waals surface area contributed by atoms with Crippen molar-refractivity contribution in [3.63, 3.8) is 0 Å². The van der Waals surface area contributed by atoms with Gasteiger partial charge in [-0.15, -0.1) is 0 Å². The van der Waals surface area contributed by atoms with E-state index >= 15 is 0 Å². The Morgan fingerprint density at radius 1 is 1.27 bits per heavy atom. The van der Waals surface area contributed by atoms with Crippen LogP contribution in [0.3, 0.4) is 0 Å². The monoisotopic (exact) mass is 360 g/mol. The topological polar surface area (TPSA) is 65.0 Å². The maximum atomic E-state index is 12.6. The first-order valence-corrected chi connectivity index (χ1v) is 8.54. The van der Waals surface area contributed by atoms with Crippen LogP contribution in [-0.2, 0) is 9.53 Å². The summed E-state index contributed by atoms with van der Waals surface area (Å²) in [5, 5.41) is 8.94. The van der Waals surface area contributed by atoms with Gasteiger partial charge in [-0.25, -0.2) is 0 Å². The van der Waals surface area contributed by atoms with Gasteiger partial charge in [0.25, 0.3) is 0 Å². The fourth-order valence-corrected chi connectivity index (χ4v) is 2.10. The molecular weight excluding hydrogens is 332 g/mol. The number of methoxy groups -OCH3 is 2. The van der Waals surface area contributed by atoms with Gasteiger partial charge in [0.2, 0.25) is 0 Å². The molecule has 0 saturated heterocycles. The molecule has 5 heteroatoms. The van der Waals surface area contributed by atoms with Crippen molar-refractivity contribution in [2.45, 2.75) is 27.2 Å². The standard InChI is InChI=1S/C21H28O5/c1-16(2)15-26-20(23)21(3,11-6-7-13-22)12-10-17-14-18(24-4)8-9-19(17)25-5/h6-9,14,16,22H,11,13,15H2,1-5H3/b7-6+. The number of carbonyl (C=O) groups excluding carboxylic acids is 1. The van der Waals surface area contributed by atoms with Crippen LogP contribution in [0, 0.1) is 23.2 Å². The normalized spacial score (nSPS) is 13.0. The molecule has 1 aromatic carbocycles. The van der Waals surface area contributed by atoms with Crippen molar-refractivity contribution in [3.8, 4) is 23.3 Å². The largest absolute Gasteiger partial charge is 0.497 e. The summed E-state index contributed by atoms with van der Waals surface area (Å²) in [5.74, 6) is 7.15. The zero-order chi connectivity index (χ0) is 19.6. The second-order valence-electron chi connectivity index (χ2n) is 6.50. The fraction of sp³-hybridized carbons (Fsp3) is 0.476. The van der Waals surface area contributed by atoms with Crippen LogP contribution >= 0.6 is 0 Å². The Morgan fingerprint density at radius 2 is 2.00 bits per heavy atom. The molecule has 1 N–H and O–H groups in total. The molecule has 1 atom stereocenters. The highest BCUT2D eigenvalue weighted by molar-refractivity contribution is 5.80. The number of esters is 1. The van der Waals surface area contributed by atoms with E-state index in [-0.39, 0.29) is 18.5 Å². The molecule has 0 spiro atoms. The number of aliphatic hydroxyl groups excluding tert-OH is 1. The van der Waals surface area contributed by atoms with Crippen molar-refractivity contribution in [1.82, 2.24) is 0 Å². The van der Waals surface area contributed by atoms with Crippen molar-refractivity contribution >= 4 is 5.97 Å². The Morgan fingerprint density at radius 3 is 2.58 bits per heavy atom. The molecule has 0 amide bonds. The van der Waals surface area contributed by atoms with Crippen LogP contribution in [0.4, 0.5) is 0 Å². The van der Waals surface area contributed by atoms with E-state index in [1.54, 1.807) is 51.5 Å². The zero-order valence-corrected chi connectivity index (χ0v) is 16.2. The van der Waals surface area contributed by atoms with Gasteiger partial charge in [0.15, 0.2) is 0 Å². The molecule has 0 saturated carbocycles. The summed E-state index contributed by atoms with van der Waals surface area (Å²) in [6.45, 7) is 5.93. The molecule has 0 bridgehead atoms. The lowest BCUT2D eigenvalue weighted by atomic mass is 9.87. The van der Waals surface area contributed by atoms with Crippen molar-refractivity contribution in [2.75, 3.05) is 27.4 Å². The second-order valence-corrected chi connectivity index (χ2v) is 6.50. The third kappa shape index (κ3) is 6.45. The molecule has 0 aliphatic rings. The van der Waals surface area contributed by atoms with Crippen LogP contribution in [0.2, 0.25) is 0 Å². The van der Waals surface area contributed by atoms with Crippen LogP contribution in [0.5, 0.6) is 11.5 Å². The summed E-state index contributed by atoms with van der Waals surface area (Å²) in [4.78, 5) is 12.6. The fourth-order valence-electron chi connectivity index (χ4n) is 2.10. The summed E-state index contributed by atoms with van der Waals surface area (Å²) in [7, 11) is 3.14. The predicted molar refractivity (Wildman–Crippen MR) is 101 cm³/mol. The lowest BCUT2D eigenvalue weighted by Crippen LogP contribution is -2.29. The zero-order valence-electron chi connectivity index (χ0n) is 16.2. The highest BCUT2D eigenvalue weighted by Crippen LogP contribution is 2.26. The number of hydrogen-bond acceptors (Lipinski definition) is 5. The van der Waals surface area contributed by atoms with Gasteiger partial charge in [-0.3, -0.25) is 4.79 Å². The van der Waals surface area contributed by atoms with Crippen molar-refractivity contribution in [2.24, 2.45) is 11.3 Å². The minimum atomic E-state index is -1.03. The molecule has 0 heterocycles. The Balaban J connectivity index is 3.19. The molecule has 0 aliphatic carbocycles. The highest BCUT2D eigenvalue weighted by atomic mass is 16.5. The van der Waals surface area contributed by atoms with E-state index in [2.05, 4.69) is 11.8 Å². The first-order valence-electron chi connectivity index (χ1n) is 8.54. The summed E-state index contributed by atoms with van der Waals surface area (Å²) >= 11 is 0. The van der Waals surface area contributed by atoms with E-state index in [9.17, 15) is 4.79 Å². The van der Waals surface area contributed by atoms with E-state index in [0.29, 0.717) is 30.1 Å². The third-order valence-corrected chi connectivity index (χ3v) is 3.68. The van der Waals surface area contributed by atoms with Gasteiger partial charge in [-0.1, -0.05) is 37.8 Å². The molecule has 1 unspecified atom stereocenters. The number of rotatable bonds is 8. The summed E-state index contributed by atoms with van der Waals surface area (Å²) < 4.78 is 15.9. The molecule has 0 aliphatic heterocycles. The van der Waals surface area contributed by atoms with E-state index < -0.39 is 5.41 Å². The minimum absolute atomic E-state index is 0.0890. The van der Waals surface area contributed by atoms with Crippen molar-refractivity contribution in [3.05, 3.63) is 35.9 Å². The molecule has 26 heavy (non-hydrogen) atoms. The smallest absolute Gasteiger partial charge is 0.324 e. The van der Waals surface area contributed by atoms with Gasteiger partial charge in [0.1, 0.15) is 16.9 Å². The first kappa shape index (κ1) is 21.6. The molecule has 1 aromatic rings.